The van der Waals surface area contributed by atoms with Crippen LogP contribution >= 0.6 is 0 Å². The lowest BCUT2D eigenvalue weighted by molar-refractivity contribution is 0.302. The lowest BCUT2D eigenvalue weighted by atomic mass is 9.93. The summed E-state index contributed by atoms with van der Waals surface area (Å²) in [4.78, 5) is 0. The molecule has 0 saturated carbocycles. The fourth-order valence-electron chi connectivity index (χ4n) is 4.28. The van der Waals surface area contributed by atoms with Crippen molar-refractivity contribution in [1.29, 1.82) is 0 Å². The van der Waals surface area contributed by atoms with Gasteiger partial charge in [-0.3, -0.25) is 0 Å². The van der Waals surface area contributed by atoms with Crippen LogP contribution in [-0.4, -0.2) is 6.61 Å². The first-order chi connectivity index (χ1) is 16.5. The van der Waals surface area contributed by atoms with Gasteiger partial charge in [-0.2, -0.15) is 0 Å². The van der Waals surface area contributed by atoms with Crippen LogP contribution in [0.1, 0.15) is 42.0 Å². The second-order valence-corrected chi connectivity index (χ2v) is 8.73. The van der Waals surface area contributed by atoms with E-state index in [1.165, 1.54) is 28.8 Å². The van der Waals surface area contributed by atoms with E-state index in [4.69, 9.17) is 4.74 Å². The number of ether oxygens (including phenoxy) is 1. The molecule has 0 aromatic heterocycles. The van der Waals surface area contributed by atoms with Crippen LogP contribution in [0, 0.1) is 11.6 Å². The Balaban J connectivity index is 1.36. The average Bonchev–Trinajstić information content (AvgIpc) is 2.86. The van der Waals surface area contributed by atoms with E-state index in [0.717, 1.165) is 17.5 Å². The highest BCUT2D eigenvalue weighted by Gasteiger charge is 2.12. The van der Waals surface area contributed by atoms with Crippen molar-refractivity contribution < 1.29 is 13.5 Å². The summed E-state index contributed by atoms with van der Waals surface area (Å²) in [5, 5.41) is 0. The highest BCUT2D eigenvalue weighted by Crippen LogP contribution is 2.26. The first-order valence-corrected chi connectivity index (χ1v) is 11.9. The van der Waals surface area contributed by atoms with Gasteiger partial charge in [-0.25, -0.2) is 8.78 Å². The third-order valence-electron chi connectivity index (χ3n) is 6.20. The maximum Gasteiger partial charge on any atom is 0.190 e. The van der Waals surface area contributed by atoms with Crippen molar-refractivity contribution in [3.63, 3.8) is 0 Å². The lowest BCUT2D eigenvalue weighted by Gasteiger charge is -2.12. The third kappa shape index (κ3) is 5.91. The molecule has 34 heavy (non-hydrogen) atoms. The maximum atomic E-state index is 14.1. The van der Waals surface area contributed by atoms with Crippen molar-refractivity contribution >= 4 is 0 Å². The molecule has 0 fully saturated rings. The van der Waals surface area contributed by atoms with Gasteiger partial charge in [0.25, 0.3) is 0 Å². The molecular formula is C31H30F2O. The van der Waals surface area contributed by atoms with Crippen LogP contribution < -0.4 is 4.74 Å². The Bertz CT molecular complexity index is 1180. The van der Waals surface area contributed by atoms with Gasteiger partial charge < -0.3 is 4.74 Å². The van der Waals surface area contributed by atoms with Crippen LogP contribution in [0.3, 0.4) is 0 Å². The van der Waals surface area contributed by atoms with Crippen LogP contribution in [0.4, 0.5) is 8.78 Å². The summed E-state index contributed by atoms with van der Waals surface area (Å²) in [6.45, 7) is 4.20. The van der Waals surface area contributed by atoms with Crippen molar-refractivity contribution in [2.24, 2.45) is 0 Å². The molecule has 1 atom stereocenters. The van der Waals surface area contributed by atoms with E-state index >= 15 is 0 Å². The fraction of sp³-hybridized carbons (Fsp3) is 0.226. The van der Waals surface area contributed by atoms with E-state index in [2.05, 4.69) is 85.8 Å². The molecule has 0 N–H and O–H groups in total. The molecule has 174 valence electrons. The topological polar surface area (TPSA) is 9.23 Å². The largest absolute Gasteiger partial charge is 0.488 e. The summed E-state index contributed by atoms with van der Waals surface area (Å²) in [5.41, 5.74) is 6.78. The molecular weight excluding hydrogens is 426 g/mol. The zero-order chi connectivity index (χ0) is 23.9. The van der Waals surface area contributed by atoms with Crippen LogP contribution in [-0.2, 0) is 19.3 Å². The predicted molar refractivity (Wildman–Crippen MR) is 135 cm³/mol. The number of benzene rings is 4. The summed E-state index contributed by atoms with van der Waals surface area (Å²) in [6, 6.07) is 30.5. The minimum atomic E-state index is -0.645. The molecule has 4 aromatic rings. The summed E-state index contributed by atoms with van der Waals surface area (Å²) in [6.07, 6.45) is 2.29. The van der Waals surface area contributed by atoms with Crippen LogP contribution in [0.15, 0.2) is 91.0 Å². The molecule has 0 heterocycles. The predicted octanol–water partition coefficient (Wildman–Crippen LogP) is 8.16. The number of aryl methyl sites for hydroxylation is 2. The van der Waals surface area contributed by atoms with E-state index in [1.807, 2.05) is 0 Å². The van der Waals surface area contributed by atoms with Gasteiger partial charge in [-0.05, 0) is 77.6 Å². The molecule has 1 nitrogen and oxygen atoms in total. The molecule has 0 aliphatic rings. The Kier molecular flexibility index (Phi) is 7.74. The zero-order valence-corrected chi connectivity index (χ0v) is 19.7. The molecule has 0 unspecified atom stereocenters. The van der Waals surface area contributed by atoms with Gasteiger partial charge in [0.05, 0.1) is 6.61 Å². The number of hydrogen-bond acceptors (Lipinski definition) is 1. The molecule has 4 aromatic carbocycles. The van der Waals surface area contributed by atoms with E-state index < -0.39 is 11.6 Å². The maximum absolute atomic E-state index is 14.1. The van der Waals surface area contributed by atoms with Gasteiger partial charge >= 0.3 is 0 Å². The van der Waals surface area contributed by atoms with E-state index in [9.17, 15) is 8.78 Å². The lowest BCUT2D eigenvalue weighted by Crippen LogP contribution is -2.00. The molecule has 0 saturated heterocycles. The van der Waals surface area contributed by atoms with Crippen LogP contribution in [0.5, 0.6) is 5.75 Å². The van der Waals surface area contributed by atoms with Gasteiger partial charge in [0.2, 0.25) is 0 Å². The first-order valence-electron chi connectivity index (χ1n) is 11.9. The SMILES string of the molecule is CCOc1c(F)cc(CCc2ccc(-c3ccc(C[C@H](C)c4ccccc4)cc3)cc2)cc1F. The second kappa shape index (κ2) is 11.1. The highest BCUT2D eigenvalue weighted by atomic mass is 19.1. The minimum absolute atomic E-state index is 0.231. The van der Waals surface area contributed by atoms with Crippen LogP contribution in [0.2, 0.25) is 0 Å². The van der Waals surface area contributed by atoms with Crippen molar-refractivity contribution in [3.8, 4) is 16.9 Å². The van der Waals surface area contributed by atoms with Crippen molar-refractivity contribution in [2.75, 3.05) is 6.61 Å². The van der Waals surface area contributed by atoms with Crippen molar-refractivity contribution in [3.05, 3.63) is 125 Å². The average molecular weight is 457 g/mol. The van der Waals surface area contributed by atoms with E-state index in [-0.39, 0.29) is 12.4 Å². The molecule has 0 aliphatic heterocycles. The Morgan fingerprint density at radius 1 is 0.676 bits per heavy atom. The van der Waals surface area contributed by atoms with Crippen molar-refractivity contribution in [2.45, 2.75) is 39.0 Å². The summed E-state index contributed by atoms with van der Waals surface area (Å²) in [7, 11) is 0. The van der Waals surface area contributed by atoms with Gasteiger partial charge in [-0.15, -0.1) is 0 Å². The Morgan fingerprint density at radius 2 is 1.21 bits per heavy atom. The summed E-state index contributed by atoms with van der Waals surface area (Å²) in [5.74, 6) is -1.11. The van der Waals surface area contributed by atoms with Gasteiger partial charge in [-0.1, -0.05) is 85.8 Å². The number of hydrogen-bond donors (Lipinski definition) is 0. The van der Waals surface area contributed by atoms with Crippen molar-refractivity contribution in [1.82, 2.24) is 0 Å². The summed E-state index contributed by atoms with van der Waals surface area (Å²) < 4.78 is 33.2. The Morgan fingerprint density at radius 3 is 1.76 bits per heavy atom. The second-order valence-electron chi connectivity index (χ2n) is 8.73. The summed E-state index contributed by atoms with van der Waals surface area (Å²) >= 11 is 0. The first kappa shape index (κ1) is 23.7. The zero-order valence-electron chi connectivity index (χ0n) is 19.7. The molecule has 0 bridgehead atoms. The Labute approximate surface area is 201 Å². The molecule has 0 aliphatic carbocycles. The molecule has 0 amide bonds. The van der Waals surface area contributed by atoms with E-state index in [0.29, 0.717) is 24.3 Å². The third-order valence-corrected chi connectivity index (χ3v) is 6.20. The molecule has 4 rings (SSSR count). The van der Waals surface area contributed by atoms with E-state index in [1.54, 1.807) is 6.92 Å². The minimum Gasteiger partial charge on any atom is -0.488 e. The highest BCUT2D eigenvalue weighted by molar-refractivity contribution is 5.64. The van der Waals surface area contributed by atoms with Crippen LogP contribution in [0.25, 0.3) is 11.1 Å². The van der Waals surface area contributed by atoms with Gasteiger partial charge in [0.15, 0.2) is 17.4 Å². The monoisotopic (exact) mass is 456 g/mol. The Hall–Kier alpha value is -3.46. The number of halogens is 2. The standard InChI is InChI=1S/C31H30F2O/c1-3-34-31-29(32)20-25(21-30(31)33)10-9-23-11-15-27(16-12-23)28-17-13-24(14-18-28)19-22(2)26-7-5-4-6-8-26/h4-8,11-18,20-22H,3,9-10,19H2,1-2H3/t22-/m0/s1. The molecule has 0 spiro atoms. The quantitative estimate of drug-likeness (QED) is 0.247. The normalized spacial score (nSPS) is 11.9. The molecule has 3 heteroatoms. The van der Waals surface area contributed by atoms with Gasteiger partial charge in [0.1, 0.15) is 0 Å². The smallest absolute Gasteiger partial charge is 0.190 e. The molecule has 0 radical (unpaired) electrons. The van der Waals surface area contributed by atoms with Gasteiger partial charge in [0, 0.05) is 0 Å². The number of rotatable bonds is 9. The fourth-order valence-corrected chi connectivity index (χ4v) is 4.28.